The van der Waals surface area contributed by atoms with Crippen molar-refractivity contribution in [1.82, 2.24) is 14.7 Å². The van der Waals surface area contributed by atoms with Gasteiger partial charge in [0, 0.05) is 47.6 Å². The summed E-state index contributed by atoms with van der Waals surface area (Å²) < 4.78 is 39.3. The lowest BCUT2D eigenvalue weighted by molar-refractivity contribution is -0.141. The average molecular weight is 475 g/mol. The van der Waals surface area contributed by atoms with Crippen LogP contribution in [-0.2, 0) is 6.18 Å². The minimum atomic E-state index is -4.52. The van der Waals surface area contributed by atoms with Crippen LogP contribution in [0.1, 0.15) is 32.0 Å². The normalized spacial score (nSPS) is 14.2. The zero-order valence-corrected chi connectivity index (χ0v) is 18.5. The molecule has 2 heterocycles. The van der Waals surface area contributed by atoms with E-state index in [0.717, 1.165) is 40.9 Å². The van der Waals surface area contributed by atoms with Crippen molar-refractivity contribution in [1.29, 1.82) is 0 Å². The zero-order valence-electron chi connectivity index (χ0n) is 17.7. The highest BCUT2D eigenvalue weighted by Gasteiger charge is 2.33. The number of benzene rings is 2. The van der Waals surface area contributed by atoms with Gasteiger partial charge < -0.3 is 10.2 Å². The molecular formula is C23H21F3N4O2S. The van der Waals surface area contributed by atoms with Crippen LogP contribution < -0.4 is 5.32 Å². The molecule has 0 saturated carbocycles. The first kappa shape index (κ1) is 22.9. The van der Waals surface area contributed by atoms with E-state index in [1.54, 1.807) is 18.2 Å². The molecule has 0 bridgehead atoms. The maximum absolute atomic E-state index is 12.7. The first-order valence-corrected chi connectivity index (χ1v) is 11.4. The number of carbonyl (C=O) groups is 2. The molecule has 1 saturated heterocycles. The van der Waals surface area contributed by atoms with Crippen molar-refractivity contribution < 1.29 is 22.8 Å². The highest BCUT2D eigenvalue weighted by Crippen LogP contribution is 2.28. The molecule has 0 radical (unpaired) electrons. The summed E-state index contributed by atoms with van der Waals surface area (Å²) in [5.74, 6) is 1.48. The summed E-state index contributed by atoms with van der Waals surface area (Å²) in [6.45, 7) is 3.28. The number of alkyl halides is 3. The van der Waals surface area contributed by atoms with Crippen LogP contribution in [0.4, 0.5) is 18.9 Å². The average Bonchev–Trinajstić information content (AvgIpc) is 3.32. The van der Waals surface area contributed by atoms with Gasteiger partial charge in [0.05, 0.1) is 5.69 Å². The van der Waals surface area contributed by atoms with Gasteiger partial charge in [-0.05, 0) is 61.0 Å². The van der Waals surface area contributed by atoms with Crippen LogP contribution in [0, 0.1) is 6.92 Å². The van der Waals surface area contributed by atoms with E-state index >= 15 is 0 Å². The summed E-state index contributed by atoms with van der Waals surface area (Å²) >= 11 is 1.83. The fraction of sp³-hybridized carbons (Fsp3) is 0.261. The van der Waals surface area contributed by atoms with Gasteiger partial charge in [-0.3, -0.25) is 9.59 Å². The number of hydrogen-bond acceptors (Lipinski definition) is 4. The van der Waals surface area contributed by atoms with Crippen LogP contribution in [0.5, 0.6) is 0 Å². The van der Waals surface area contributed by atoms with E-state index in [4.69, 9.17) is 0 Å². The Kier molecular flexibility index (Phi) is 6.46. The Balaban J connectivity index is 1.43. The summed E-state index contributed by atoms with van der Waals surface area (Å²) in [5.41, 5.74) is 1.68. The van der Waals surface area contributed by atoms with E-state index in [1.165, 1.54) is 30.5 Å². The number of halogens is 3. The SMILES string of the molecule is Cc1cc(C(=O)N2CCSCC2)ccc1NC(=O)c1ccc(-n2ccc(C(F)(F)F)n2)cc1. The van der Waals surface area contributed by atoms with Crippen LogP contribution in [0.2, 0.25) is 0 Å². The standard InChI is InChI=1S/C23H21F3N4O2S/c1-15-14-17(22(32)29-10-12-33-13-11-29)4-7-19(15)27-21(31)16-2-5-18(6-3-16)30-9-8-20(28-30)23(24,25)26/h2-9,14H,10-13H2,1H3,(H,27,31). The summed E-state index contributed by atoms with van der Waals surface area (Å²) in [7, 11) is 0. The van der Waals surface area contributed by atoms with Gasteiger partial charge >= 0.3 is 6.18 Å². The first-order valence-electron chi connectivity index (χ1n) is 10.2. The number of nitrogens with one attached hydrogen (secondary N) is 1. The molecule has 6 nitrogen and oxygen atoms in total. The van der Waals surface area contributed by atoms with Crippen molar-refractivity contribution in [2.45, 2.75) is 13.1 Å². The number of aromatic nitrogens is 2. The van der Waals surface area contributed by atoms with Crippen molar-refractivity contribution in [3.63, 3.8) is 0 Å². The number of amides is 2. The molecule has 0 spiro atoms. The summed E-state index contributed by atoms with van der Waals surface area (Å²) in [4.78, 5) is 27.2. The molecule has 1 N–H and O–H groups in total. The lowest BCUT2D eigenvalue weighted by Gasteiger charge is -2.26. The molecule has 1 aliphatic heterocycles. The third-order valence-corrected chi connectivity index (χ3v) is 6.24. The molecule has 1 aromatic heterocycles. The second kappa shape index (κ2) is 9.30. The van der Waals surface area contributed by atoms with Gasteiger partial charge in [0.2, 0.25) is 0 Å². The van der Waals surface area contributed by atoms with Crippen molar-refractivity contribution in [3.05, 3.63) is 77.1 Å². The Hall–Kier alpha value is -3.27. The molecule has 2 amide bonds. The molecule has 1 fully saturated rings. The maximum atomic E-state index is 12.7. The van der Waals surface area contributed by atoms with Gasteiger partial charge in [-0.15, -0.1) is 0 Å². The minimum Gasteiger partial charge on any atom is -0.337 e. The van der Waals surface area contributed by atoms with Crippen LogP contribution >= 0.6 is 11.8 Å². The maximum Gasteiger partial charge on any atom is 0.435 e. The molecule has 33 heavy (non-hydrogen) atoms. The highest BCUT2D eigenvalue weighted by atomic mass is 32.2. The van der Waals surface area contributed by atoms with Gasteiger partial charge in [0.25, 0.3) is 11.8 Å². The van der Waals surface area contributed by atoms with Gasteiger partial charge in [0.15, 0.2) is 5.69 Å². The second-order valence-corrected chi connectivity index (χ2v) is 8.80. The molecule has 2 aromatic carbocycles. The number of anilines is 1. The Morgan fingerprint density at radius 3 is 2.27 bits per heavy atom. The number of rotatable bonds is 4. The highest BCUT2D eigenvalue weighted by molar-refractivity contribution is 7.99. The van der Waals surface area contributed by atoms with E-state index < -0.39 is 11.9 Å². The van der Waals surface area contributed by atoms with Gasteiger partial charge in [-0.1, -0.05) is 0 Å². The monoisotopic (exact) mass is 474 g/mol. The molecule has 0 unspecified atom stereocenters. The molecule has 0 aliphatic carbocycles. The van der Waals surface area contributed by atoms with E-state index in [0.29, 0.717) is 22.5 Å². The Morgan fingerprint density at radius 2 is 1.67 bits per heavy atom. The number of carbonyl (C=O) groups excluding carboxylic acids is 2. The number of hydrogen-bond donors (Lipinski definition) is 1. The fourth-order valence-electron chi connectivity index (χ4n) is 3.46. The topological polar surface area (TPSA) is 67.2 Å². The smallest absolute Gasteiger partial charge is 0.337 e. The lowest BCUT2D eigenvalue weighted by atomic mass is 10.1. The third-order valence-electron chi connectivity index (χ3n) is 5.29. The van der Waals surface area contributed by atoms with E-state index in [2.05, 4.69) is 10.4 Å². The quantitative estimate of drug-likeness (QED) is 0.598. The molecule has 3 aromatic rings. The Bertz CT molecular complexity index is 1170. The molecular weight excluding hydrogens is 453 g/mol. The van der Waals surface area contributed by atoms with E-state index in [1.807, 2.05) is 23.6 Å². The summed E-state index contributed by atoms with van der Waals surface area (Å²) in [5, 5.41) is 6.34. The van der Waals surface area contributed by atoms with Crippen LogP contribution in [0.3, 0.4) is 0 Å². The molecule has 4 rings (SSSR count). The molecule has 10 heteroatoms. The Labute approximate surface area is 192 Å². The van der Waals surface area contributed by atoms with Gasteiger partial charge in [-0.25, -0.2) is 4.68 Å². The largest absolute Gasteiger partial charge is 0.435 e. The van der Waals surface area contributed by atoms with Crippen molar-refractivity contribution in [2.24, 2.45) is 0 Å². The van der Waals surface area contributed by atoms with Crippen molar-refractivity contribution >= 4 is 29.3 Å². The van der Waals surface area contributed by atoms with Crippen LogP contribution in [0.25, 0.3) is 5.69 Å². The lowest BCUT2D eigenvalue weighted by Crippen LogP contribution is -2.37. The predicted molar refractivity (Wildman–Crippen MR) is 121 cm³/mol. The van der Waals surface area contributed by atoms with Gasteiger partial charge in [-0.2, -0.15) is 30.0 Å². The van der Waals surface area contributed by atoms with Gasteiger partial charge in [0.1, 0.15) is 0 Å². The summed E-state index contributed by atoms with van der Waals surface area (Å²) in [6, 6.07) is 12.1. The first-order chi connectivity index (χ1) is 15.7. The third kappa shape index (κ3) is 5.22. The fourth-order valence-corrected chi connectivity index (χ4v) is 4.37. The number of aryl methyl sites for hydroxylation is 1. The molecule has 1 aliphatic rings. The van der Waals surface area contributed by atoms with E-state index in [9.17, 15) is 22.8 Å². The Morgan fingerprint density at radius 1 is 1.00 bits per heavy atom. The number of thioether (sulfide) groups is 1. The molecule has 172 valence electrons. The van der Waals surface area contributed by atoms with Crippen molar-refractivity contribution in [2.75, 3.05) is 29.9 Å². The minimum absolute atomic E-state index is 0.0147. The second-order valence-electron chi connectivity index (χ2n) is 7.58. The molecule has 0 atom stereocenters. The van der Waals surface area contributed by atoms with Crippen LogP contribution in [-0.4, -0.2) is 51.1 Å². The predicted octanol–water partition coefficient (Wildman–Crippen LogP) is 4.64. The zero-order chi connectivity index (χ0) is 23.6. The van der Waals surface area contributed by atoms with Crippen LogP contribution in [0.15, 0.2) is 54.7 Å². The van der Waals surface area contributed by atoms with E-state index in [-0.39, 0.29) is 11.8 Å². The number of nitrogens with zero attached hydrogens (tertiary/aromatic N) is 3. The van der Waals surface area contributed by atoms with Crippen molar-refractivity contribution in [3.8, 4) is 5.69 Å². The summed E-state index contributed by atoms with van der Waals surface area (Å²) in [6.07, 6.45) is -3.30.